The Bertz CT molecular complexity index is 433. The van der Waals surface area contributed by atoms with Gasteiger partial charge in [-0.3, -0.25) is 5.10 Å². The summed E-state index contributed by atoms with van der Waals surface area (Å²) in [5, 5.41) is 10.1. The van der Waals surface area contributed by atoms with Crippen LogP contribution in [0.25, 0.3) is 0 Å². The van der Waals surface area contributed by atoms with Crippen molar-refractivity contribution in [2.24, 2.45) is 5.73 Å². The van der Waals surface area contributed by atoms with Crippen LogP contribution in [0.5, 0.6) is 0 Å². The highest BCUT2D eigenvalue weighted by Gasteiger charge is 2.05. The molecule has 0 spiro atoms. The summed E-state index contributed by atoms with van der Waals surface area (Å²) in [5.41, 5.74) is 6.47. The first-order valence-electron chi connectivity index (χ1n) is 4.79. The predicted molar refractivity (Wildman–Crippen MR) is 58.8 cm³/mol. The van der Waals surface area contributed by atoms with Gasteiger partial charge >= 0.3 is 0 Å². The Kier molecular flexibility index (Phi) is 3.08. The lowest BCUT2D eigenvalue weighted by atomic mass is 10.4. The number of aromatic nitrogens is 4. The van der Waals surface area contributed by atoms with Crippen LogP contribution < -0.4 is 5.73 Å². The maximum atomic E-state index is 5.42. The molecule has 80 valence electrons. The van der Waals surface area contributed by atoms with Crippen LogP contribution in [0.2, 0.25) is 0 Å². The molecular weight excluding hydrogens is 210 g/mol. The molecule has 0 aliphatic carbocycles. The monoisotopic (exact) mass is 223 g/mol. The molecule has 0 saturated carbocycles. The minimum atomic E-state index is 0.577. The molecule has 6 heteroatoms. The summed E-state index contributed by atoms with van der Waals surface area (Å²) in [4.78, 5) is 8.69. The molecular formula is C9H13N5S. The molecule has 0 fully saturated rings. The zero-order valence-corrected chi connectivity index (χ0v) is 9.34. The lowest BCUT2D eigenvalue weighted by Crippen LogP contribution is -2.04. The van der Waals surface area contributed by atoms with Crippen molar-refractivity contribution in [1.29, 1.82) is 0 Å². The van der Waals surface area contributed by atoms with Crippen LogP contribution in [0.1, 0.15) is 22.4 Å². The van der Waals surface area contributed by atoms with Crippen molar-refractivity contribution in [2.75, 3.05) is 6.54 Å². The number of nitrogens with two attached hydrogens (primary N) is 1. The molecule has 2 aromatic rings. The average molecular weight is 223 g/mol. The van der Waals surface area contributed by atoms with Gasteiger partial charge in [-0.25, -0.2) is 9.97 Å². The van der Waals surface area contributed by atoms with Gasteiger partial charge in [-0.05, 0) is 13.5 Å². The van der Waals surface area contributed by atoms with E-state index >= 15 is 0 Å². The fourth-order valence-electron chi connectivity index (χ4n) is 1.28. The first-order chi connectivity index (χ1) is 7.28. The first-order valence-corrected chi connectivity index (χ1v) is 5.67. The van der Waals surface area contributed by atoms with Gasteiger partial charge < -0.3 is 5.73 Å². The van der Waals surface area contributed by atoms with Gasteiger partial charge in [-0.1, -0.05) is 0 Å². The van der Waals surface area contributed by atoms with Crippen molar-refractivity contribution in [2.45, 2.75) is 19.8 Å². The molecule has 15 heavy (non-hydrogen) atoms. The molecule has 0 amide bonds. The number of rotatable bonds is 4. The fraction of sp³-hybridized carbons (Fsp3) is 0.444. The fourth-order valence-corrected chi connectivity index (χ4v) is 2.06. The second-order valence-electron chi connectivity index (χ2n) is 3.30. The number of thiazole rings is 1. The summed E-state index contributed by atoms with van der Waals surface area (Å²) in [6.07, 6.45) is 1.43. The quantitative estimate of drug-likeness (QED) is 0.798. The minimum absolute atomic E-state index is 0.577. The SMILES string of the molecule is Cc1csc(Cc2nc(CCN)n[nH]2)n1. The van der Waals surface area contributed by atoms with Crippen molar-refractivity contribution in [3.05, 3.63) is 27.7 Å². The van der Waals surface area contributed by atoms with E-state index in [2.05, 4.69) is 20.2 Å². The van der Waals surface area contributed by atoms with Crippen molar-refractivity contribution in [3.8, 4) is 0 Å². The molecule has 0 atom stereocenters. The lowest BCUT2D eigenvalue weighted by molar-refractivity contribution is 0.874. The van der Waals surface area contributed by atoms with Gasteiger partial charge in [-0.2, -0.15) is 5.10 Å². The Morgan fingerprint density at radius 1 is 1.47 bits per heavy atom. The highest BCUT2D eigenvalue weighted by Crippen LogP contribution is 2.11. The van der Waals surface area contributed by atoms with Crippen LogP contribution in [0.4, 0.5) is 0 Å². The van der Waals surface area contributed by atoms with E-state index in [1.54, 1.807) is 11.3 Å². The topological polar surface area (TPSA) is 80.5 Å². The normalized spacial score (nSPS) is 10.8. The molecule has 0 bridgehead atoms. The van der Waals surface area contributed by atoms with Gasteiger partial charge in [0.2, 0.25) is 0 Å². The molecule has 0 aliphatic heterocycles. The smallest absolute Gasteiger partial charge is 0.151 e. The predicted octanol–water partition coefficient (Wildman–Crippen LogP) is 0.662. The third-order valence-electron chi connectivity index (χ3n) is 1.93. The Hall–Kier alpha value is -1.27. The Balaban J connectivity index is 2.04. The van der Waals surface area contributed by atoms with Crippen molar-refractivity contribution < 1.29 is 0 Å². The van der Waals surface area contributed by atoms with Gasteiger partial charge in [0.25, 0.3) is 0 Å². The van der Waals surface area contributed by atoms with Gasteiger partial charge in [-0.15, -0.1) is 11.3 Å². The van der Waals surface area contributed by atoms with E-state index in [4.69, 9.17) is 5.73 Å². The van der Waals surface area contributed by atoms with Crippen LogP contribution in [0, 0.1) is 6.92 Å². The molecule has 0 saturated heterocycles. The number of hydrogen-bond acceptors (Lipinski definition) is 5. The summed E-state index contributed by atoms with van der Waals surface area (Å²) in [6, 6.07) is 0. The summed E-state index contributed by atoms with van der Waals surface area (Å²) < 4.78 is 0. The third-order valence-corrected chi connectivity index (χ3v) is 2.90. The maximum Gasteiger partial charge on any atom is 0.151 e. The van der Waals surface area contributed by atoms with Gasteiger partial charge in [0.1, 0.15) is 10.8 Å². The zero-order chi connectivity index (χ0) is 10.7. The molecule has 5 nitrogen and oxygen atoms in total. The molecule has 2 heterocycles. The number of hydrogen-bond donors (Lipinski definition) is 2. The molecule has 0 aromatic carbocycles. The van der Waals surface area contributed by atoms with E-state index in [0.717, 1.165) is 28.8 Å². The summed E-state index contributed by atoms with van der Waals surface area (Å²) in [7, 11) is 0. The van der Waals surface area contributed by atoms with Crippen LogP contribution >= 0.6 is 11.3 Å². The third kappa shape index (κ3) is 2.60. The van der Waals surface area contributed by atoms with E-state index in [1.165, 1.54) is 0 Å². The Morgan fingerprint density at radius 3 is 3.00 bits per heavy atom. The van der Waals surface area contributed by atoms with E-state index in [9.17, 15) is 0 Å². The van der Waals surface area contributed by atoms with E-state index < -0.39 is 0 Å². The second-order valence-corrected chi connectivity index (χ2v) is 4.24. The molecule has 0 radical (unpaired) electrons. The Labute approximate surface area is 91.8 Å². The number of H-pyrrole nitrogens is 1. The van der Waals surface area contributed by atoms with Crippen molar-refractivity contribution in [3.63, 3.8) is 0 Å². The van der Waals surface area contributed by atoms with E-state index in [1.807, 2.05) is 12.3 Å². The number of aryl methyl sites for hydroxylation is 1. The molecule has 2 rings (SSSR count). The maximum absolute atomic E-state index is 5.42. The zero-order valence-electron chi connectivity index (χ0n) is 8.53. The number of nitrogens with one attached hydrogen (secondary N) is 1. The van der Waals surface area contributed by atoms with E-state index in [0.29, 0.717) is 13.0 Å². The second kappa shape index (κ2) is 4.50. The summed E-state index contributed by atoms with van der Waals surface area (Å²) >= 11 is 1.64. The average Bonchev–Trinajstić information content (AvgIpc) is 2.78. The van der Waals surface area contributed by atoms with Gasteiger partial charge in [0, 0.05) is 17.5 Å². The van der Waals surface area contributed by atoms with Crippen molar-refractivity contribution in [1.82, 2.24) is 20.2 Å². The minimum Gasteiger partial charge on any atom is -0.330 e. The highest BCUT2D eigenvalue weighted by atomic mass is 32.1. The summed E-state index contributed by atoms with van der Waals surface area (Å²) in [6.45, 7) is 2.56. The van der Waals surface area contributed by atoms with E-state index in [-0.39, 0.29) is 0 Å². The summed E-state index contributed by atoms with van der Waals surface area (Å²) in [5.74, 6) is 1.63. The standard InChI is InChI=1S/C9H13N5S/c1-6-5-15-9(11-6)4-8-12-7(2-3-10)13-14-8/h5H,2-4,10H2,1H3,(H,12,13,14). The Morgan fingerprint density at radius 2 is 2.33 bits per heavy atom. The first kappa shape index (κ1) is 10.3. The van der Waals surface area contributed by atoms with Crippen LogP contribution in [-0.4, -0.2) is 26.7 Å². The van der Waals surface area contributed by atoms with Gasteiger partial charge in [0.15, 0.2) is 5.82 Å². The van der Waals surface area contributed by atoms with Crippen LogP contribution in [-0.2, 0) is 12.8 Å². The van der Waals surface area contributed by atoms with Crippen LogP contribution in [0.3, 0.4) is 0 Å². The number of nitrogens with zero attached hydrogens (tertiary/aromatic N) is 3. The van der Waals surface area contributed by atoms with Gasteiger partial charge in [0.05, 0.1) is 6.42 Å². The molecule has 2 aromatic heterocycles. The number of aromatic amines is 1. The van der Waals surface area contributed by atoms with Crippen LogP contribution in [0.15, 0.2) is 5.38 Å². The lowest BCUT2D eigenvalue weighted by Gasteiger charge is -1.89. The molecule has 0 unspecified atom stereocenters. The van der Waals surface area contributed by atoms with Crippen molar-refractivity contribution >= 4 is 11.3 Å². The highest BCUT2D eigenvalue weighted by molar-refractivity contribution is 7.09. The molecule has 3 N–H and O–H groups in total. The largest absolute Gasteiger partial charge is 0.330 e. The molecule has 0 aliphatic rings.